The fraction of sp³-hybridized carbons (Fsp3) is 0.462. The molecule has 0 aliphatic carbocycles. The van der Waals surface area contributed by atoms with Crippen molar-refractivity contribution in [2.75, 3.05) is 6.54 Å². The summed E-state index contributed by atoms with van der Waals surface area (Å²) < 4.78 is 1.57. The highest BCUT2D eigenvalue weighted by molar-refractivity contribution is 5.99. The second kappa shape index (κ2) is 5.26. The van der Waals surface area contributed by atoms with Gasteiger partial charge in [0.2, 0.25) is 5.91 Å². The lowest BCUT2D eigenvalue weighted by Crippen LogP contribution is -2.42. The first-order chi connectivity index (χ1) is 8.65. The fourth-order valence-electron chi connectivity index (χ4n) is 1.46. The van der Waals surface area contributed by atoms with Crippen LogP contribution in [0.5, 0.6) is 0 Å². The quantitative estimate of drug-likeness (QED) is 0.758. The smallest absolute Gasteiger partial charge is 0.267 e. The predicted molar refractivity (Wildman–Crippen MR) is 70.7 cm³/mol. The molecule has 1 rings (SSSR count). The highest BCUT2D eigenvalue weighted by Gasteiger charge is 2.26. The van der Waals surface area contributed by atoms with E-state index in [0.717, 1.165) is 0 Å². The number of Topliss-reactive ketones (excluding diaryl/α,β-unsaturated/α-hetero) is 1. The van der Waals surface area contributed by atoms with Gasteiger partial charge in [-0.1, -0.05) is 0 Å². The van der Waals surface area contributed by atoms with E-state index in [0.29, 0.717) is 11.3 Å². The van der Waals surface area contributed by atoms with Crippen molar-refractivity contribution < 1.29 is 14.4 Å². The van der Waals surface area contributed by atoms with Crippen molar-refractivity contribution in [2.45, 2.75) is 20.8 Å². The molecule has 3 N–H and O–H groups in total. The van der Waals surface area contributed by atoms with Crippen LogP contribution in [0.15, 0.2) is 12.3 Å². The number of primary amides is 1. The third-order valence-electron chi connectivity index (χ3n) is 3.00. The Hall–Kier alpha value is -2.11. The number of nitrogens with two attached hydrogens (primary N) is 1. The van der Waals surface area contributed by atoms with Gasteiger partial charge in [0, 0.05) is 25.4 Å². The summed E-state index contributed by atoms with van der Waals surface area (Å²) in [4.78, 5) is 34.4. The zero-order chi connectivity index (χ0) is 14.8. The second-order valence-corrected chi connectivity index (χ2v) is 5.21. The highest BCUT2D eigenvalue weighted by Crippen LogP contribution is 2.13. The molecule has 0 aliphatic heterocycles. The number of hydrogen-bond donors (Lipinski definition) is 2. The lowest BCUT2D eigenvalue weighted by Gasteiger charge is -2.20. The Morgan fingerprint density at radius 3 is 2.37 bits per heavy atom. The third kappa shape index (κ3) is 3.43. The number of aromatic nitrogens is 1. The van der Waals surface area contributed by atoms with E-state index in [1.54, 1.807) is 31.7 Å². The van der Waals surface area contributed by atoms with Crippen LogP contribution in [0.25, 0.3) is 0 Å². The molecule has 6 heteroatoms. The van der Waals surface area contributed by atoms with Crippen LogP contribution in [0.3, 0.4) is 0 Å². The molecule has 2 amide bonds. The number of aryl methyl sites for hydroxylation is 1. The Balaban J connectivity index is 2.80. The summed E-state index contributed by atoms with van der Waals surface area (Å²) in [6, 6.07) is 1.52. The van der Waals surface area contributed by atoms with Gasteiger partial charge in [-0.25, -0.2) is 0 Å². The van der Waals surface area contributed by atoms with Crippen LogP contribution in [0.2, 0.25) is 0 Å². The van der Waals surface area contributed by atoms with E-state index >= 15 is 0 Å². The number of ketones is 1. The van der Waals surface area contributed by atoms with Gasteiger partial charge < -0.3 is 15.6 Å². The van der Waals surface area contributed by atoms with Crippen molar-refractivity contribution in [3.05, 3.63) is 23.5 Å². The Kier molecular flexibility index (Phi) is 4.14. The van der Waals surface area contributed by atoms with Crippen molar-refractivity contribution in [1.29, 1.82) is 0 Å². The SMILES string of the molecule is CC(=O)c1cc(C(=O)NCC(C)(C)C(N)=O)n(C)c1. The first-order valence-electron chi connectivity index (χ1n) is 5.90. The largest absolute Gasteiger partial charge is 0.369 e. The first-order valence-corrected chi connectivity index (χ1v) is 5.90. The molecule has 0 aromatic carbocycles. The standard InChI is InChI=1S/C13H19N3O3/c1-8(17)9-5-10(16(4)6-9)11(18)15-7-13(2,3)12(14)19/h5-6H,7H2,1-4H3,(H2,14,19)(H,15,18). The van der Waals surface area contributed by atoms with E-state index in [2.05, 4.69) is 5.32 Å². The average Bonchev–Trinajstić information content (AvgIpc) is 2.68. The van der Waals surface area contributed by atoms with Crippen LogP contribution in [0.1, 0.15) is 41.6 Å². The molecule has 0 saturated carbocycles. The van der Waals surface area contributed by atoms with Gasteiger partial charge in [-0.15, -0.1) is 0 Å². The molecular formula is C13H19N3O3. The summed E-state index contributed by atoms with van der Waals surface area (Å²) >= 11 is 0. The molecule has 0 atom stereocenters. The summed E-state index contributed by atoms with van der Waals surface area (Å²) in [7, 11) is 1.68. The van der Waals surface area contributed by atoms with Gasteiger partial charge >= 0.3 is 0 Å². The molecule has 1 heterocycles. The number of hydrogen-bond acceptors (Lipinski definition) is 3. The lowest BCUT2D eigenvalue weighted by atomic mass is 9.93. The zero-order valence-electron chi connectivity index (χ0n) is 11.6. The van der Waals surface area contributed by atoms with Gasteiger partial charge in [0.1, 0.15) is 5.69 Å². The minimum atomic E-state index is -0.815. The van der Waals surface area contributed by atoms with Crippen molar-refractivity contribution in [2.24, 2.45) is 18.2 Å². The normalized spacial score (nSPS) is 11.2. The molecule has 6 nitrogen and oxygen atoms in total. The monoisotopic (exact) mass is 265 g/mol. The van der Waals surface area contributed by atoms with Gasteiger partial charge in [-0.05, 0) is 26.8 Å². The summed E-state index contributed by atoms with van der Waals surface area (Å²) in [5, 5.41) is 2.64. The number of rotatable bonds is 5. The van der Waals surface area contributed by atoms with E-state index in [9.17, 15) is 14.4 Å². The van der Waals surface area contributed by atoms with Gasteiger partial charge in [0.25, 0.3) is 5.91 Å². The topological polar surface area (TPSA) is 94.2 Å². The van der Waals surface area contributed by atoms with Crippen molar-refractivity contribution in [3.63, 3.8) is 0 Å². The molecule has 1 aromatic rings. The molecule has 19 heavy (non-hydrogen) atoms. The number of amides is 2. The van der Waals surface area contributed by atoms with Crippen molar-refractivity contribution >= 4 is 17.6 Å². The molecule has 104 valence electrons. The van der Waals surface area contributed by atoms with Crippen molar-refractivity contribution in [1.82, 2.24) is 9.88 Å². The summed E-state index contributed by atoms with van der Waals surface area (Å²) in [5.41, 5.74) is 5.25. The third-order valence-corrected chi connectivity index (χ3v) is 3.00. The molecule has 0 aliphatic rings. The fourth-order valence-corrected chi connectivity index (χ4v) is 1.46. The van der Waals surface area contributed by atoms with Gasteiger partial charge in [-0.2, -0.15) is 0 Å². The van der Waals surface area contributed by atoms with Crippen molar-refractivity contribution in [3.8, 4) is 0 Å². The van der Waals surface area contributed by atoms with Crippen LogP contribution in [-0.4, -0.2) is 28.7 Å². The van der Waals surface area contributed by atoms with E-state index in [1.807, 2.05) is 0 Å². The van der Waals surface area contributed by atoms with Gasteiger partial charge in [0.15, 0.2) is 5.78 Å². The van der Waals surface area contributed by atoms with Crippen LogP contribution in [-0.2, 0) is 11.8 Å². The minimum absolute atomic E-state index is 0.105. The molecule has 0 spiro atoms. The number of nitrogens with zero attached hydrogens (tertiary/aromatic N) is 1. The van der Waals surface area contributed by atoms with Crippen LogP contribution in [0, 0.1) is 5.41 Å². The average molecular weight is 265 g/mol. The minimum Gasteiger partial charge on any atom is -0.369 e. The van der Waals surface area contributed by atoms with Crippen LogP contribution < -0.4 is 11.1 Å². The summed E-state index contributed by atoms with van der Waals surface area (Å²) in [5.74, 6) is -0.930. The van der Waals surface area contributed by atoms with Crippen LogP contribution in [0.4, 0.5) is 0 Å². The van der Waals surface area contributed by atoms with E-state index in [4.69, 9.17) is 5.73 Å². The zero-order valence-corrected chi connectivity index (χ0v) is 11.6. The van der Waals surface area contributed by atoms with E-state index in [1.165, 1.54) is 13.0 Å². The molecule has 1 aromatic heterocycles. The van der Waals surface area contributed by atoms with Gasteiger partial charge in [0.05, 0.1) is 5.41 Å². The van der Waals surface area contributed by atoms with E-state index < -0.39 is 11.3 Å². The maximum absolute atomic E-state index is 12.0. The predicted octanol–water partition coefficient (Wildman–Crippen LogP) is 0.469. The molecule has 0 fully saturated rings. The molecule has 0 bridgehead atoms. The Morgan fingerprint density at radius 2 is 1.95 bits per heavy atom. The lowest BCUT2D eigenvalue weighted by molar-refractivity contribution is -0.125. The molecule has 0 saturated heterocycles. The Morgan fingerprint density at radius 1 is 1.37 bits per heavy atom. The number of nitrogens with one attached hydrogen (secondary N) is 1. The summed E-state index contributed by atoms with van der Waals surface area (Å²) in [6.07, 6.45) is 1.59. The Bertz CT molecular complexity index is 529. The summed E-state index contributed by atoms with van der Waals surface area (Å²) in [6.45, 7) is 4.89. The number of carbonyl (C=O) groups excluding carboxylic acids is 3. The second-order valence-electron chi connectivity index (χ2n) is 5.21. The number of carbonyl (C=O) groups is 3. The molecule has 0 radical (unpaired) electrons. The van der Waals surface area contributed by atoms with Gasteiger partial charge in [-0.3, -0.25) is 14.4 Å². The van der Waals surface area contributed by atoms with E-state index in [-0.39, 0.29) is 18.2 Å². The molecular weight excluding hydrogens is 246 g/mol. The Labute approximate surface area is 112 Å². The first kappa shape index (κ1) is 14.9. The maximum atomic E-state index is 12.0. The van der Waals surface area contributed by atoms with Crippen LogP contribution >= 0.6 is 0 Å². The maximum Gasteiger partial charge on any atom is 0.267 e. The molecule has 0 unspecified atom stereocenters. The highest BCUT2D eigenvalue weighted by atomic mass is 16.2.